The van der Waals surface area contributed by atoms with Gasteiger partial charge in [-0.15, -0.1) is 0 Å². The monoisotopic (exact) mass is 217 g/mol. The highest BCUT2D eigenvalue weighted by Crippen LogP contribution is 2.06. The second kappa shape index (κ2) is 4.45. The second-order valence-electron chi connectivity index (χ2n) is 3.74. The van der Waals surface area contributed by atoms with Gasteiger partial charge in [-0.3, -0.25) is 9.36 Å². The van der Waals surface area contributed by atoms with Gasteiger partial charge in [-0.2, -0.15) is 0 Å². The Kier molecular flexibility index (Phi) is 3.01. The number of aromatic nitrogens is 2. The third-order valence-electron chi connectivity index (χ3n) is 2.64. The average molecular weight is 217 g/mol. The Morgan fingerprint density at radius 1 is 1.38 bits per heavy atom. The fourth-order valence-corrected chi connectivity index (χ4v) is 1.77. The number of fused-ring (bicyclic) bond motifs is 1. The zero-order chi connectivity index (χ0) is 11.5. The molecule has 0 aliphatic rings. The molecule has 0 saturated heterocycles. The number of hydrogen-bond donors (Lipinski definition) is 1. The van der Waals surface area contributed by atoms with Crippen molar-refractivity contribution in [2.75, 3.05) is 13.6 Å². The molecule has 4 nitrogen and oxygen atoms in total. The number of nitrogens with zero attached hydrogens (tertiary/aromatic N) is 2. The van der Waals surface area contributed by atoms with Gasteiger partial charge >= 0.3 is 0 Å². The van der Waals surface area contributed by atoms with Gasteiger partial charge in [0.1, 0.15) is 5.82 Å². The molecule has 0 saturated carbocycles. The SMILES string of the molecule is CNCCn1c(C)nc2ccccc2c1=O. The number of hydrogen-bond acceptors (Lipinski definition) is 3. The molecule has 0 aliphatic carbocycles. The lowest BCUT2D eigenvalue weighted by atomic mass is 10.2. The fourth-order valence-electron chi connectivity index (χ4n) is 1.77. The van der Waals surface area contributed by atoms with Crippen LogP contribution in [-0.4, -0.2) is 23.1 Å². The van der Waals surface area contributed by atoms with Gasteiger partial charge in [0.05, 0.1) is 10.9 Å². The van der Waals surface area contributed by atoms with E-state index < -0.39 is 0 Å². The Bertz CT molecular complexity index is 560. The Balaban J connectivity index is 2.61. The first-order chi connectivity index (χ1) is 7.74. The molecule has 0 atom stereocenters. The molecule has 0 aliphatic heterocycles. The zero-order valence-electron chi connectivity index (χ0n) is 9.53. The molecule has 0 radical (unpaired) electrons. The summed E-state index contributed by atoms with van der Waals surface area (Å²) in [5, 5.41) is 3.72. The molecule has 1 aromatic heterocycles. The Labute approximate surface area is 93.9 Å². The Hall–Kier alpha value is -1.68. The summed E-state index contributed by atoms with van der Waals surface area (Å²) >= 11 is 0. The van der Waals surface area contributed by atoms with E-state index in [1.165, 1.54) is 0 Å². The highest BCUT2D eigenvalue weighted by atomic mass is 16.1. The molecule has 0 spiro atoms. The van der Waals surface area contributed by atoms with Gasteiger partial charge in [-0.05, 0) is 26.1 Å². The van der Waals surface area contributed by atoms with E-state index in [1.54, 1.807) is 4.57 Å². The predicted octanol–water partition coefficient (Wildman–Crippen LogP) is 0.924. The van der Waals surface area contributed by atoms with Crippen LogP contribution >= 0.6 is 0 Å². The first-order valence-electron chi connectivity index (χ1n) is 5.35. The minimum Gasteiger partial charge on any atom is -0.318 e. The topological polar surface area (TPSA) is 46.9 Å². The van der Waals surface area contributed by atoms with Crippen LogP contribution < -0.4 is 10.9 Å². The van der Waals surface area contributed by atoms with Crippen LogP contribution in [-0.2, 0) is 6.54 Å². The Morgan fingerprint density at radius 2 is 2.12 bits per heavy atom. The zero-order valence-corrected chi connectivity index (χ0v) is 9.53. The lowest BCUT2D eigenvalue weighted by Crippen LogP contribution is -2.28. The number of rotatable bonds is 3. The molecule has 0 bridgehead atoms. The van der Waals surface area contributed by atoms with Gasteiger partial charge in [0.2, 0.25) is 0 Å². The van der Waals surface area contributed by atoms with Crippen molar-refractivity contribution in [3.8, 4) is 0 Å². The van der Waals surface area contributed by atoms with E-state index >= 15 is 0 Å². The maximum Gasteiger partial charge on any atom is 0.261 e. The van der Waals surface area contributed by atoms with E-state index in [2.05, 4.69) is 10.3 Å². The minimum absolute atomic E-state index is 0.0401. The summed E-state index contributed by atoms with van der Waals surface area (Å²) in [4.78, 5) is 16.6. The van der Waals surface area contributed by atoms with Crippen LogP contribution in [0.2, 0.25) is 0 Å². The molecule has 1 aromatic carbocycles. The van der Waals surface area contributed by atoms with Crippen LogP contribution in [0.3, 0.4) is 0 Å². The molecular formula is C12H15N3O. The van der Waals surface area contributed by atoms with Crippen LogP contribution in [0.5, 0.6) is 0 Å². The smallest absolute Gasteiger partial charge is 0.261 e. The summed E-state index contributed by atoms with van der Waals surface area (Å²) in [5.74, 6) is 0.763. The van der Waals surface area contributed by atoms with Crippen molar-refractivity contribution in [2.24, 2.45) is 0 Å². The second-order valence-corrected chi connectivity index (χ2v) is 3.74. The molecule has 0 unspecified atom stereocenters. The van der Waals surface area contributed by atoms with E-state index in [0.29, 0.717) is 11.9 Å². The summed E-state index contributed by atoms with van der Waals surface area (Å²) in [7, 11) is 1.87. The minimum atomic E-state index is 0.0401. The van der Waals surface area contributed by atoms with Gasteiger partial charge < -0.3 is 5.32 Å². The van der Waals surface area contributed by atoms with Gasteiger partial charge in [0.15, 0.2) is 0 Å². The van der Waals surface area contributed by atoms with E-state index in [1.807, 2.05) is 38.2 Å². The van der Waals surface area contributed by atoms with Gasteiger partial charge in [-0.1, -0.05) is 12.1 Å². The number of para-hydroxylation sites is 1. The van der Waals surface area contributed by atoms with E-state index in [-0.39, 0.29) is 5.56 Å². The third-order valence-corrected chi connectivity index (χ3v) is 2.64. The molecule has 0 amide bonds. The summed E-state index contributed by atoms with van der Waals surface area (Å²) < 4.78 is 1.71. The summed E-state index contributed by atoms with van der Waals surface area (Å²) in [5.41, 5.74) is 0.809. The van der Waals surface area contributed by atoms with Crippen molar-refractivity contribution in [1.29, 1.82) is 0 Å². The molecule has 2 aromatic rings. The van der Waals surface area contributed by atoms with Crippen molar-refractivity contribution in [2.45, 2.75) is 13.5 Å². The van der Waals surface area contributed by atoms with Crippen molar-refractivity contribution in [1.82, 2.24) is 14.9 Å². The Morgan fingerprint density at radius 3 is 2.88 bits per heavy atom. The van der Waals surface area contributed by atoms with Crippen LogP contribution in [0.4, 0.5) is 0 Å². The van der Waals surface area contributed by atoms with E-state index in [0.717, 1.165) is 17.9 Å². The molecule has 0 fully saturated rings. The molecule has 4 heteroatoms. The maximum absolute atomic E-state index is 12.2. The lowest BCUT2D eigenvalue weighted by molar-refractivity contribution is 0.604. The van der Waals surface area contributed by atoms with Crippen molar-refractivity contribution in [3.63, 3.8) is 0 Å². The first-order valence-corrected chi connectivity index (χ1v) is 5.35. The van der Waals surface area contributed by atoms with Crippen molar-refractivity contribution >= 4 is 10.9 Å². The van der Waals surface area contributed by atoms with E-state index in [4.69, 9.17) is 0 Å². The molecular weight excluding hydrogens is 202 g/mol. The first kappa shape index (κ1) is 10.8. The highest BCUT2D eigenvalue weighted by Gasteiger charge is 2.06. The normalized spacial score (nSPS) is 10.9. The number of benzene rings is 1. The van der Waals surface area contributed by atoms with Gasteiger partial charge in [0, 0.05) is 13.1 Å². The van der Waals surface area contributed by atoms with Crippen LogP contribution in [0.15, 0.2) is 29.1 Å². The van der Waals surface area contributed by atoms with Gasteiger partial charge in [-0.25, -0.2) is 4.98 Å². The van der Waals surface area contributed by atoms with E-state index in [9.17, 15) is 4.79 Å². The maximum atomic E-state index is 12.2. The molecule has 1 heterocycles. The summed E-state index contributed by atoms with van der Waals surface area (Å²) in [6.45, 7) is 3.28. The standard InChI is InChI=1S/C12H15N3O/c1-9-14-11-6-4-3-5-10(11)12(16)15(9)8-7-13-2/h3-6,13H,7-8H2,1-2H3. The predicted molar refractivity (Wildman–Crippen MR) is 64.7 cm³/mol. The van der Waals surface area contributed by atoms with Crippen LogP contribution in [0.25, 0.3) is 10.9 Å². The fraction of sp³-hybridized carbons (Fsp3) is 0.333. The molecule has 1 N–H and O–H groups in total. The lowest BCUT2D eigenvalue weighted by Gasteiger charge is -2.09. The van der Waals surface area contributed by atoms with Crippen molar-refractivity contribution < 1.29 is 0 Å². The number of likely N-dealkylation sites (N-methyl/N-ethyl adjacent to an activating group) is 1. The van der Waals surface area contributed by atoms with Crippen LogP contribution in [0, 0.1) is 6.92 Å². The third kappa shape index (κ3) is 1.84. The molecule has 84 valence electrons. The number of nitrogens with one attached hydrogen (secondary N) is 1. The van der Waals surface area contributed by atoms with Crippen LogP contribution in [0.1, 0.15) is 5.82 Å². The molecule has 16 heavy (non-hydrogen) atoms. The average Bonchev–Trinajstić information content (AvgIpc) is 2.29. The summed E-state index contributed by atoms with van der Waals surface area (Å²) in [6.07, 6.45) is 0. The van der Waals surface area contributed by atoms with Crippen molar-refractivity contribution in [3.05, 3.63) is 40.4 Å². The highest BCUT2D eigenvalue weighted by molar-refractivity contribution is 5.77. The quantitative estimate of drug-likeness (QED) is 0.831. The molecule has 2 rings (SSSR count). The summed E-state index contributed by atoms with van der Waals surface area (Å²) in [6, 6.07) is 7.45. The number of aryl methyl sites for hydroxylation is 1. The van der Waals surface area contributed by atoms with Gasteiger partial charge in [0.25, 0.3) is 5.56 Å². The largest absolute Gasteiger partial charge is 0.318 e.